The molecule has 146 valence electrons. The number of rotatable bonds is 5. The van der Waals surface area contributed by atoms with E-state index >= 15 is 0 Å². The van der Waals surface area contributed by atoms with Crippen LogP contribution in [0.4, 0.5) is 0 Å². The third kappa shape index (κ3) is 3.74. The van der Waals surface area contributed by atoms with E-state index in [1.165, 1.54) is 5.57 Å². The van der Waals surface area contributed by atoms with Crippen molar-refractivity contribution in [3.05, 3.63) is 45.5 Å². The molecule has 0 saturated carbocycles. The minimum atomic E-state index is -1.06. The lowest BCUT2D eigenvalue weighted by Gasteiger charge is -2.48. The van der Waals surface area contributed by atoms with Crippen molar-refractivity contribution in [2.24, 2.45) is 17.3 Å². The van der Waals surface area contributed by atoms with E-state index in [2.05, 4.69) is 13.0 Å². The third-order valence-corrected chi connectivity index (χ3v) is 6.76. The smallest absolute Gasteiger partial charge is 0.310 e. The van der Waals surface area contributed by atoms with Gasteiger partial charge < -0.3 is 10.0 Å². The van der Waals surface area contributed by atoms with E-state index in [0.29, 0.717) is 29.6 Å². The number of hydrogen-bond acceptors (Lipinski definition) is 2. The Hall–Kier alpha value is -1.52. The molecule has 3 rings (SSSR count). The summed E-state index contributed by atoms with van der Waals surface area (Å²) < 4.78 is 0. The second-order valence-electron chi connectivity index (χ2n) is 7.84. The van der Waals surface area contributed by atoms with Crippen LogP contribution < -0.4 is 0 Å². The van der Waals surface area contributed by atoms with E-state index in [1.807, 2.05) is 6.07 Å². The number of halogens is 2. The Balaban J connectivity index is 1.89. The quantitative estimate of drug-likeness (QED) is 0.681. The Morgan fingerprint density at radius 2 is 2.07 bits per heavy atom. The number of hydrogen-bond donors (Lipinski definition) is 1. The molecule has 1 aliphatic heterocycles. The number of amides is 1. The van der Waals surface area contributed by atoms with Crippen LogP contribution in [0.5, 0.6) is 0 Å². The van der Waals surface area contributed by atoms with E-state index in [1.54, 1.807) is 24.0 Å². The van der Waals surface area contributed by atoms with Crippen LogP contribution in [0.3, 0.4) is 0 Å². The first-order valence-corrected chi connectivity index (χ1v) is 10.2. The fraction of sp³-hybridized carbons (Fsp3) is 0.524. The number of piperidine rings is 1. The average molecular weight is 410 g/mol. The number of benzene rings is 1. The molecule has 1 heterocycles. The summed E-state index contributed by atoms with van der Waals surface area (Å²) >= 11 is 12.1. The highest BCUT2D eigenvalue weighted by molar-refractivity contribution is 6.42. The van der Waals surface area contributed by atoms with Gasteiger partial charge in [0.15, 0.2) is 0 Å². The molecule has 0 aromatic heterocycles. The predicted octanol–water partition coefficient (Wildman–Crippen LogP) is 5.18. The molecule has 0 bridgehead atoms. The number of aliphatic carboxylic acids is 1. The zero-order chi connectivity index (χ0) is 19.8. The first-order chi connectivity index (χ1) is 12.8. The van der Waals surface area contributed by atoms with Crippen molar-refractivity contribution in [3.8, 4) is 0 Å². The molecule has 27 heavy (non-hydrogen) atoms. The molecule has 1 saturated heterocycles. The van der Waals surface area contributed by atoms with Gasteiger partial charge in [-0.2, -0.15) is 0 Å². The molecule has 1 amide bonds. The largest absolute Gasteiger partial charge is 0.481 e. The maximum Gasteiger partial charge on any atom is 0.310 e. The zero-order valence-electron chi connectivity index (χ0n) is 15.7. The van der Waals surface area contributed by atoms with Crippen molar-refractivity contribution in [3.63, 3.8) is 0 Å². The van der Waals surface area contributed by atoms with Crippen molar-refractivity contribution < 1.29 is 14.7 Å². The number of carbonyl (C=O) groups is 2. The standard InChI is InChI=1S/C21H25Cl2NO3/c1-3-4-14-7-9-21(2,20(26)27)18-15(14)8-10-24(19(18)25)12-13-5-6-16(22)17(23)11-13/h5-7,11,15,18H,3-4,8-10,12H2,1-2H3,(H,26,27)/t15-,18+,21+/m0/s1. The summed E-state index contributed by atoms with van der Waals surface area (Å²) in [7, 11) is 0. The first-order valence-electron chi connectivity index (χ1n) is 9.43. The Morgan fingerprint density at radius 1 is 1.33 bits per heavy atom. The van der Waals surface area contributed by atoms with Crippen LogP contribution in [-0.2, 0) is 16.1 Å². The minimum absolute atomic E-state index is 0.0253. The lowest BCUT2D eigenvalue weighted by molar-refractivity contribution is -0.164. The van der Waals surface area contributed by atoms with Gasteiger partial charge in [0.25, 0.3) is 0 Å². The molecular weight excluding hydrogens is 385 g/mol. The van der Waals surface area contributed by atoms with Gasteiger partial charge in [-0.15, -0.1) is 0 Å². The van der Waals surface area contributed by atoms with Crippen LogP contribution in [0.1, 0.15) is 45.1 Å². The van der Waals surface area contributed by atoms with Crippen molar-refractivity contribution in [1.29, 1.82) is 0 Å². The fourth-order valence-electron chi connectivity index (χ4n) is 4.49. The van der Waals surface area contributed by atoms with Crippen molar-refractivity contribution in [2.45, 2.75) is 46.1 Å². The highest BCUT2D eigenvalue weighted by Crippen LogP contribution is 2.49. The molecule has 3 atom stereocenters. The first kappa shape index (κ1) is 20.2. The molecule has 1 N–H and O–H groups in total. The summed E-state index contributed by atoms with van der Waals surface area (Å²) in [4.78, 5) is 27.2. The fourth-order valence-corrected chi connectivity index (χ4v) is 4.81. The van der Waals surface area contributed by atoms with Crippen LogP contribution in [0.2, 0.25) is 10.0 Å². The highest BCUT2D eigenvalue weighted by Gasteiger charge is 2.54. The monoisotopic (exact) mass is 409 g/mol. The van der Waals surface area contributed by atoms with Crippen molar-refractivity contribution >= 4 is 35.1 Å². The van der Waals surface area contributed by atoms with Gasteiger partial charge in [-0.3, -0.25) is 9.59 Å². The summed E-state index contributed by atoms with van der Waals surface area (Å²) in [6.07, 6.45) is 5.20. The van der Waals surface area contributed by atoms with E-state index in [9.17, 15) is 14.7 Å². The van der Waals surface area contributed by atoms with Gasteiger partial charge in [0, 0.05) is 13.1 Å². The van der Waals surface area contributed by atoms with Gasteiger partial charge in [-0.1, -0.05) is 54.3 Å². The number of fused-ring (bicyclic) bond motifs is 1. The number of carboxylic acids is 1. The van der Waals surface area contributed by atoms with Gasteiger partial charge in [-0.25, -0.2) is 0 Å². The topological polar surface area (TPSA) is 57.6 Å². The summed E-state index contributed by atoms with van der Waals surface area (Å²) in [5.41, 5.74) is 1.09. The zero-order valence-corrected chi connectivity index (χ0v) is 17.2. The van der Waals surface area contributed by atoms with Crippen LogP contribution >= 0.6 is 23.2 Å². The maximum atomic E-state index is 13.4. The number of allylic oxidation sites excluding steroid dienone is 2. The molecule has 1 aliphatic carbocycles. The predicted molar refractivity (Wildman–Crippen MR) is 107 cm³/mol. The van der Waals surface area contributed by atoms with Gasteiger partial charge in [0.1, 0.15) is 0 Å². The number of carbonyl (C=O) groups excluding carboxylic acids is 1. The lowest BCUT2D eigenvalue weighted by Crippen LogP contribution is -2.55. The number of nitrogens with zero attached hydrogens (tertiary/aromatic N) is 1. The molecular formula is C21H25Cl2NO3. The SMILES string of the molecule is CCCC1=CC[C@@](C)(C(=O)O)[C@H]2C(=O)N(Cc3ccc(Cl)c(Cl)c3)CC[C@@H]12. The summed E-state index contributed by atoms with van der Waals surface area (Å²) in [5.74, 6) is -1.45. The second-order valence-corrected chi connectivity index (χ2v) is 8.65. The summed E-state index contributed by atoms with van der Waals surface area (Å²) in [5, 5.41) is 10.8. The van der Waals surface area contributed by atoms with Crippen LogP contribution in [0.25, 0.3) is 0 Å². The van der Waals surface area contributed by atoms with Gasteiger partial charge in [0.05, 0.1) is 21.4 Å². The van der Waals surface area contributed by atoms with Crippen LogP contribution in [-0.4, -0.2) is 28.4 Å². The molecule has 0 spiro atoms. The molecule has 1 aromatic rings. The number of likely N-dealkylation sites (tertiary alicyclic amines) is 1. The van der Waals surface area contributed by atoms with E-state index < -0.39 is 17.3 Å². The molecule has 2 aliphatic rings. The molecule has 1 fully saturated rings. The van der Waals surface area contributed by atoms with Crippen molar-refractivity contribution in [2.75, 3.05) is 6.54 Å². The van der Waals surface area contributed by atoms with Gasteiger partial charge in [0.2, 0.25) is 5.91 Å². The average Bonchev–Trinajstić information content (AvgIpc) is 2.62. The molecule has 0 radical (unpaired) electrons. The van der Waals surface area contributed by atoms with Crippen molar-refractivity contribution in [1.82, 2.24) is 4.90 Å². The lowest BCUT2D eigenvalue weighted by atomic mass is 9.59. The van der Waals surface area contributed by atoms with Gasteiger partial charge >= 0.3 is 5.97 Å². The molecule has 1 aromatic carbocycles. The third-order valence-electron chi connectivity index (χ3n) is 6.03. The number of carboxylic acid groups (broad SMARTS) is 1. The Morgan fingerprint density at radius 3 is 2.70 bits per heavy atom. The van der Waals surface area contributed by atoms with Gasteiger partial charge in [-0.05, 0) is 49.8 Å². The van der Waals surface area contributed by atoms with E-state index in [0.717, 1.165) is 24.8 Å². The summed E-state index contributed by atoms with van der Waals surface area (Å²) in [6.45, 7) is 4.87. The molecule has 6 heteroatoms. The Labute approximate surface area is 170 Å². The van der Waals surface area contributed by atoms with E-state index in [-0.39, 0.29) is 11.8 Å². The second kappa shape index (κ2) is 7.84. The normalized spacial score (nSPS) is 27.9. The minimum Gasteiger partial charge on any atom is -0.481 e. The van der Waals surface area contributed by atoms with Crippen LogP contribution in [0.15, 0.2) is 29.8 Å². The maximum absolute atomic E-state index is 13.4. The van der Waals surface area contributed by atoms with E-state index in [4.69, 9.17) is 23.2 Å². The highest BCUT2D eigenvalue weighted by atomic mass is 35.5. The summed E-state index contributed by atoms with van der Waals surface area (Å²) in [6, 6.07) is 5.34. The Bertz CT molecular complexity index is 792. The molecule has 0 unspecified atom stereocenters. The molecule has 4 nitrogen and oxygen atoms in total. The Kier molecular flexibility index (Phi) is 5.87. The van der Waals surface area contributed by atoms with Crippen LogP contribution in [0, 0.1) is 17.3 Å².